The second-order valence-corrected chi connectivity index (χ2v) is 4.57. The van der Waals surface area contributed by atoms with Crippen LogP contribution in [0.2, 0.25) is 0 Å². The number of aliphatic carboxylic acids is 1. The van der Waals surface area contributed by atoms with Gasteiger partial charge in [-0.25, -0.2) is 4.79 Å². The molecule has 21 heavy (non-hydrogen) atoms. The van der Waals surface area contributed by atoms with Crippen molar-refractivity contribution in [2.45, 2.75) is 13.3 Å². The molecule has 0 saturated carbocycles. The zero-order valence-electron chi connectivity index (χ0n) is 11.7. The molecule has 4 heteroatoms. The Balaban J connectivity index is 2.38. The molecule has 0 fully saturated rings. The second kappa shape index (κ2) is 6.70. The molecule has 2 rings (SSSR count). The Morgan fingerprint density at radius 3 is 2.52 bits per heavy atom. The van der Waals surface area contributed by atoms with Crippen molar-refractivity contribution in [3.8, 4) is 0 Å². The van der Waals surface area contributed by atoms with E-state index in [1.165, 1.54) is 0 Å². The van der Waals surface area contributed by atoms with Gasteiger partial charge in [0, 0.05) is 5.57 Å². The van der Waals surface area contributed by atoms with Crippen LogP contribution in [0.4, 0.5) is 0 Å². The number of benzene rings is 2. The molecule has 0 atom stereocenters. The smallest absolute Gasteiger partial charge is 0.334 e. The lowest BCUT2D eigenvalue weighted by Gasteiger charge is -2.05. The fraction of sp³-hybridized carbons (Fsp3) is 0.176. The predicted molar refractivity (Wildman–Crippen MR) is 80.8 cm³/mol. The van der Waals surface area contributed by atoms with Gasteiger partial charge in [-0.15, -0.1) is 0 Å². The highest BCUT2D eigenvalue weighted by molar-refractivity contribution is 5.98. The Morgan fingerprint density at radius 1 is 1.14 bits per heavy atom. The standard InChI is InChI=1S/C17H16O4/c1-2-21-17(20)15(11-16(18)19)10-12-7-8-13-5-3-4-6-14(13)9-12/h3-10H,2,11H2,1H3,(H,18,19). The molecule has 0 heterocycles. The molecule has 0 aliphatic carbocycles. The Bertz CT molecular complexity index is 701. The van der Waals surface area contributed by atoms with Crippen molar-refractivity contribution in [1.29, 1.82) is 0 Å². The molecule has 0 saturated heterocycles. The molecule has 0 bridgehead atoms. The van der Waals surface area contributed by atoms with Gasteiger partial charge in [-0.1, -0.05) is 36.4 Å². The third kappa shape index (κ3) is 3.92. The first kappa shape index (κ1) is 14.8. The number of ether oxygens (including phenoxy) is 1. The van der Waals surface area contributed by atoms with Crippen molar-refractivity contribution in [2.75, 3.05) is 6.61 Å². The van der Waals surface area contributed by atoms with Crippen molar-refractivity contribution in [3.63, 3.8) is 0 Å². The van der Waals surface area contributed by atoms with E-state index in [1.54, 1.807) is 13.0 Å². The summed E-state index contributed by atoms with van der Waals surface area (Å²) in [5.74, 6) is -1.65. The van der Waals surface area contributed by atoms with Crippen molar-refractivity contribution in [1.82, 2.24) is 0 Å². The van der Waals surface area contributed by atoms with Crippen LogP contribution in [-0.2, 0) is 14.3 Å². The van der Waals surface area contributed by atoms with Gasteiger partial charge in [0.25, 0.3) is 0 Å². The van der Waals surface area contributed by atoms with E-state index < -0.39 is 11.9 Å². The van der Waals surface area contributed by atoms with E-state index in [-0.39, 0.29) is 18.6 Å². The van der Waals surface area contributed by atoms with Crippen LogP contribution in [0.1, 0.15) is 18.9 Å². The molecular weight excluding hydrogens is 268 g/mol. The molecule has 0 aliphatic rings. The third-order valence-electron chi connectivity index (χ3n) is 2.99. The fourth-order valence-corrected chi connectivity index (χ4v) is 2.07. The molecule has 0 unspecified atom stereocenters. The average molecular weight is 284 g/mol. The van der Waals surface area contributed by atoms with Gasteiger partial charge in [0.05, 0.1) is 13.0 Å². The fourth-order valence-electron chi connectivity index (χ4n) is 2.07. The van der Waals surface area contributed by atoms with E-state index in [4.69, 9.17) is 9.84 Å². The van der Waals surface area contributed by atoms with Crippen LogP contribution in [0.3, 0.4) is 0 Å². The summed E-state index contributed by atoms with van der Waals surface area (Å²) in [5.41, 5.74) is 0.914. The summed E-state index contributed by atoms with van der Waals surface area (Å²) in [7, 11) is 0. The van der Waals surface area contributed by atoms with Crippen LogP contribution in [-0.4, -0.2) is 23.7 Å². The van der Waals surface area contributed by atoms with Crippen molar-refractivity contribution < 1.29 is 19.4 Å². The summed E-state index contributed by atoms with van der Waals surface area (Å²) in [5, 5.41) is 11.0. The monoisotopic (exact) mass is 284 g/mol. The first-order chi connectivity index (χ1) is 10.1. The van der Waals surface area contributed by atoms with Crippen LogP contribution in [0.15, 0.2) is 48.0 Å². The lowest BCUT2D eigenvalue weighted by Crippen LogP contribution is -2.11. The summed E-state index contributed by atoms with van der Waals surface area (Å²) >= 11 is 0. The van der Waals surface area contributed by atoms with Crippen molar-refractivity contribution >= 4 is 28.8 Å². The third-order valence-corrected chi connectivity index (χ3v) is 2.99. The quantitative estimate of drug-likeness (QED) is 0.676. The number of carboxylic acids is 1. The van der Waals surface area contributed by atoms with Crippen LogP contribution < -0.4 is 0 Å². The minimum Gasteiger partial charge on any atom is -0.481 e. The molecule has 0 amide bonds. The average Bonchev–Trinajstić information content (AvgIpc) is 2.46. The number of hydrogen-bond acceptors (Lipinski definition) is 3. The molecule has 0 radical (unpaired) electrons. The number of carbonyl (C=O) groups excluding carboxylic acids is 1. The lowest BCUT2D eigenvalue weighted by molar-refractivity contribution is -0.142. The summed E-state index contributed by atoms with van der Waals surface area (Å²) in [6.07, 6.45) is 1.21. The number of rotatable bonds is 5. The Morgan fingerprint density at radius 2 is 1.86 bits per heavy atom. The zero-order chi connectivity index (χ0) is 15.2. The van der Waals surface area contributed by atoms with Gasteiger partial charge in [0.15, 0.2) is 0 Å². The van der Waals surface area contributed by atoms with Gasteiger partial charge >= 0.3 is 11.9 Å². The highest BCUT2D eigenvalue weighted by Gasteiger charge is 2.14. The summed E-state index contributed by atoms with van der Waals surface area (Å²) in [6, 6.07) is 13.5. The van der Waals surface area contributed by atoms with E-state index in [2.05, 4.69) is 0 Å². The molecule has 2 aromatic rings. The Labute approximate surface area is 122 Å². The predicted octanol–water partition coefficient (Wildman–Crippen LogP) is 3.26. The van der Waals surface area contributed by atoms with Gasteiger partial charge in [-0.3, -0.25) is 4.79 Å². The number of fused-ring (bicyclic) bond motifs is 1. The first-order valence-electron chi connectivity index (χ1n) is 6.68. The molecule has 2 aromatic carbocycles. The summed E-state index contributed by atoms with van der Waals surface area (Å²) in [6.45, 7) is 1.90. The van der Waals surface area contributed by atoms with Crippen molar-refractivity contribution in [3.05, 3.63) is 53.6 Å². The lowest BCUT2D eigenvalue weighted by atomic mass is 10.0. The van der Waals surface area contributed by atoms with E-state index >= 15 is 0 Å². The number of esters is 1. The first-order valence-corrected chi connectivity index (χ1v) is 6.68. The molecular formula is C17H16O4. The maximum absolute atomic E-state index is 11.8. The van der Waals surface area contributed by atoms with E-state index in [1.807, 2.05) is 42.5 Å². The highest BCUT2D eigenvalue weighted by atomic mass is 16.5. The molecule has 4 nitrogen and oxygen atoms in total. The van der Waals surface area contributed by atoms with Gasteiger partial charge < -0.3 is 9.84 Å². The van der Waals surface area contributed by atoms with Crippen LogP contribution >= 0.6 is 0 Å². The minimum atomic E-state index is -1.06. The highest BCUT2D eigenvalue weighted by Crippen LogP contribution is 2.19. The molecule has 0 aromatic heterocycles. The van der Waals surface area contributed by atoms with Gasteiger partial charge in [-0.05, 0) is 35.4 Å². The van der Waals surface area contributed by atoms with Crippen LogP contribution in [0.5, 0.6) is 0 Å². The van der Waals surface area contributed by atoms with Gasteiger partial charge in [0.2, 0.25) is 0 Å². The minimum absolute atomic E-state index is 0.139. The summed E-state index contributed by atoms with van der Waals surface area (Å²) < 4.78 is 4.89. The zero-order valence-corrected chi connectivity index (χ0v) is 11.7. The maximum Gasteiger partial charge on any atom is 0.334 e. The van der Waals surface area contributed by atoms with E-state index in [9.17, 15) is 9.59 Å². The van der Waals surface area contributed by atoms with E-state index in [0.717, 1.165) is 16.3 Å². The number of carboxylic acid groups (broad SMARTS) is 1. The largest absolute Gasteiger partial charge is 0.481 e. The summed E-state index contributed by atoms with van der Waals surface area (Å²) in [4.78, 5) is 22.7. The van der Waals surface area contributed by atoms with Gasteiger partial charge in [-0.2, -0.15) is 0 Å². The Kier molecular flexibility index (Phi) is 4.72. The van der Waals surface area contributed by atoms with E-state index in [0.29, 0.717) is 0 Å². The van der Waals surface area contributed by atoms with Crippen LogP contribution in [0.25, 0.3) is 16.8 Å². The van der Waals surface area contributed by atoms with Gasteiger partial charge in [0.1, 0.15) is 0 Å². The Hall–Kier alpha value is -2.62. The maximum atomic E-state index is 11.8. The van der Waals surface area contributed by atoms with Crippen LogP contribution in [0, 0.1) is 0 Å². The second-order valence-electron chi connectivity index (χ2n) is 4.57. The topological polar surface area (TPSA) is 63.6 Å². The molecule has 0 aliphatic heterocycles. The van der Waals surface area contributed by atoms with Crippen molar-refractivity contribution in [2.24, 2.45) is 0 Å². The molecule has 108 valence electrons. The molecule has 0 spiro atoms. The SMILES string of the molecule is CCOC(=O)C(=Cc1ccc2ccccc2c1)CC(=O)O. The normalized spacial score (nSPS) is 11.4. The number of hydrogen-bond donors (Lipinski definition) is 1. The molecule has 1 N–H and O–H groups in total. The number of carbonyl (C=O) groups is 2.